The molecule has 0 radical (unpaired) electrons. The van der Waals surface area contributed by atoms with Gasteiger partial charge in [-0.15, -0.1) is 0 Å². The van der Waals surface area contributed by atoms with Crippen molar-refractivity contribution in [2.24, 2.45) is 0 Å². The highest BCUT2D eigenvalue weighted by atomic mass is 16.2. The number of hydrogen-bond acceptors (Lipinski definition) is 2. The second-order valence-corrected chi connectivity index (χ2v) is 4.91. The minimum absolute atomic E-state index is 0.0180. The highest BCUT2D eigenvalue weighted by Crippen LogP contribution is 2.15. The van der Waals surface area contributed by atoms with Crippen LogP contribution in [-0.2, 0) is 16.1 Å². The average molecular weight is 246 g/mol. The Kier molecular flexibility index (Phi) is 3.36. The molecule has 1 aromatic carbocycles. The molecule has 4 nitrogen and oxygen atoms in total. The van der Waals surface area contributed by atoms with Crippen LogP contribution in [0.2, 0.25) is 0 Å². The van der Waals surface area contributed by atoms with E-state index in [1.165, 1.54) is 0 Å². The number of piperazine rings is 1. The van der Waals surface area contributed by atoms with Crippen LogP contribution < -0.4 is 5.32 Å². The van der Waals surface area contributed by atoms with Gasteiger partial charge in [0.25, 0.3) is 0 Å². The van der Waals surface area contributed by atoms with Gasteiger partial charge >= 0.3 is 0 Å². The number of amides is 2. The lowest BCUT2D eigenvalue weighted by Crippen LogP contribution is -2.56. The van der Waals surface area contributed by atoms with Gasteiger partial charge in [-0.3, -0.25) is 9.59 Å². The summed E-state index contributed by atoms with van der Waals surface area (Å²) in [6.07, 6.45) is 0. The first-order valence-corrected chi connectivity index (χ1v) is 6.11. The molecule has 1 atom stereocenters. The highest BCUT2D eigenvalue weighted by molar-refractivity contribution is 5.94. The normalized spacial score (nSPS) is 19.9. The molecule has 0 saturated carbocycles. The predicted molar refractivity (Wildman–Crippen MR) is 68.9 cm³/mol. The van der Waals surface area contributed by atoms with Crippen LogP contribution in [0, 0.1) is 13.8 Å². The van der Waals surface area contributed by atoms with E-state index in [-0.39, 0.29) is 18.4 Å². The topological polar surface area (TPSA) is 49.4 Å². The SMILES string of the molecule is Cc1ccc(C)c(CN2CC(=O)NC(C)C2=O)c1. The fraction of sp³-hybridized carbons (Fsp3) is 0.429. The summed E-state index contributed by atoms with van der Waals surface area (Å²) in [6, 6.07) is 5.74. The summed E-state index contributed by atoms with van der Waals surface area (Å²) in [5, 5.41) is 2.64. The fourth-order valence-electron chi connectivity index (χ4n) is 2.18. The maximum absolute atomic E-state index is 12.0. The molecule has 2 amide bonds. The first-order chi connectivity index (χ1) is 8.47. The van der Waals surface area contributed by atoms with Gasteiger partial charge < -0.3 is 10.2 Å². The van der Waals surface area contributed by atoms with Crippen molar-refractivity contribution >= 4 is 11.8 Å². The van der Waals surface area contributed by atoms with Crippen LogP contribution in [0.15, 0.2) is 18.2 Å². The van der Waals surface area contributed by atoms with Crippen LogP contribution in [0.3, 0.4) is 0 Å². The second-order valence-electron chi connectivity index (χ2n) is 4.91. The average Bonchev–Trinajstić information content (AvgIpc) is 2.30. The molecule has 1 N–H and O–H groups in total. The lowest BCUT2D eigenvalue weighted by Gasteiger charge is -2.31. The lowest BCUT2D eigenvalue weighted by atomic mass is 10.0. The van der Waals surface area contributed by atoms with Gasteiger partial charge in [-0.2, -0.15) is 0 Å². The molecular weight excluding hydrogens is 228 g/mol. The van der Waals surface area contributed by atoms with Gasteiger partial charge in [0, 0.05) is 6.54 Å². The lowest BCUT2D eigenvalue weighted by molar-refractivity contribution is -0.144. The number of nitrogens with zero attached hydrogens (tertiary/aromatic N) is 1. The van der Waals surface area contributed by atoms with Crippen molar-refractivity contribution in [2.75, 3.05) is 6.54 Å². The quantitative estimate of drug-likeness (QED) is 0.851. The monoisotopic (exact) mass is 246 g/mol. The first-order valence-electron chi connectivity index (χ1n) is 6.11. The van der Waals surface area contributed by atoms with Gasteiger partial charge in [0.2, 0.25) is 11.8 Å². The maximum atomic E-state index is 12.0. The smallest absolute Gasteiger partial charge is 0.245 e. The molecule has 1 fully saturated rings. The van der Waals surface area contributed by atoms with E-state index >= 15 is 0 Å². The van der Waals surface area contributed by atoms with E-state index in [0.29, 0.717) is 6.54 Å². The summed E-state index contributed by atoms with van der Waals surface area (Å²) < 4.78 is 0. The number of carbonyl (C=O) groups is 2. The van der Waals surface area contributed by atoms with Crippen molar-refractivity contribution in [3.05, 3.63) is 34.9 Å². The summed E-state index contributed by atoms with van der Waals surface area (Å²) in [7, 11) is 0. The Bertz CT molecular complexity index is 497. The molecule has 1 heterocycles. The third kappa shape index (κ3) is 2.53. The molecule has 96 valence electrons. The minimum Gasteiger partial charge on any atom is -0.343 e. The fourth-order valence-corrected chi connectivity index (χ4v) is 2.18. The molecule has 4 heteroatoms. The summed E-state index contributed by atoms with van der Waals surface area (Å²) in [5.41, 5.74) is 3.41. The zero-order valence-corrected chi connectivity index (χ0v) is 11.0. The van der Waals surface area contributed by atoms with Gasteiger partial charge in [-0.25, -0.2) is 0 Å². The van der Waals surface area contributed by atoms with Crippen molar-refractivity contribution in [1.82, 2.24) is 10.2 Å². The Labute approximate surface area is 107 Å². The molecule has 0 aliphatic carbocycles. The number of aryl methyl sites for hydroxylation is 2. The Hall–Kier alpha value is -1.84. The molecule has 0 spiro atoms. The number of nitrogens with one attached hydrogen (secondary N) is 1. The van der Waals surface area contributed by atoms with E-state index in [1.54, 1.807) is 11.8 Å². The second kappa shape index (κ2) is 4.80. The van der Waals surface area contributed by atoms with Gasteiger partial charge in [0.1, 0.15) is 6.04 Å². The van der Waals surface area contributed by atoms with E-state index in [9.17, 15) is 9.59 Å². The van der Waals surface area contributed by atoms with Crippen molar-refractivity contribution in [2.45, 2.75) is 33.4 Å². The highest BCUT2D eigenvalue weighted by Gasteiger charge is 2.29. The molecule has 1 aromatic rings. The predicted octanol–water partition coefficient (Wildman–Crippen LogP) is 1.15. The summed E-state index contributed by atoms with van der Waals surface area (Å²) in [5.74, 6) is -0.108. The minimum atomic E-state index is -0.420. The van der Waals surface area contributed by atoms with Crippen LogP contribution >= 0.6 is 0 Å². The van der Waals surface area contributed by atoms with E-state index in [2.05, 4.69) is 11.4 Å². The summed E-state index contributed by atoms with van der Waals surface area (Å²) in [6.45, 7) is 6.42. The summed E-state index contributed by atoms with van der Waals surface area (Å²) >= 11 is 0. The number of rotatable bonds is 2. The van der Waals surface area contributed by atoms with E-state index in [4.69, 9.17) is 0 Å². The van der Waals surface area contributed by atoms with Crippen molar-refractivity contribution < 1.29 is 9.59 Å². The van der Waals surface area contributed by atoms with Crippen molar-refractivity contribution in [1.29, 1.82) is 0 Å². The number of hydrogen-bond donors (Lipinski definition) is 1. The van der Waals surface area contributed by atoms with Crippen LogP contribution in [0.1, 0.15) is 23.6 Å². The van der Waals surface area contributed by atoms with Crippen LogP contribution in [-0.4, -0.2) is 29.3 Å². The number of benzene rings is 1. The molecule has 1 unspecified atom stereocenters. The number of carbonyl (C=O) groups excluding carboxylic acids is 2. The third-order valence-corrected chi connectivity index (χ3v) is 3.26. The van der Waals surface area contributed by atoms with Crippen LogP contribution in [0.4, 0.5) is 0 Å². The van der Waals surface area contributed by atoms with Gasteiger partial charge in [0.15, 0.2) is 0 Å². The Morgan fingerprint density at radius 1 is 1.33 bits per heavy atom. The molecule has 0 aromatic heterocycles. The Balaban J connectivity index is 2.19. The standard InChI is InChI=1S/C14H18N2O2/c1-9-4-5-10(2)12(6-9)7-16-8-13(17)15-11(3)14(16)18/h4-6,11H,7-8H2,1-3H3,(H,15,17). The molecule has 1 aliphatic rings. The van der Waals surface area contributed by atoms with Gasteiger partial charge in [0.05, 0.1) is 6.54 Å². The summed E-state index contributed by atoms with van der Waals surface area (Å²) in [4.78, 5) is 25.1. The van der Waals surface area contributed by atoms with Crippen molar-refractivity contribution in [3.8, 4) is 0 Å². The van der Waals surface area contributed by atoms with E-state index in [0.717, 1.165) is 16.7 Å². The van der Waals surface area contributed by atoms with Gasteiger partial charge in [-0.1, -0.05) is 23.8 Å². The third-order valence-electron chi connectivity index (χ3n) is 3.26. The van der Waals surface area contributed by atoms with Crippen LogP contribution in [0.25, 0.3) is 0 Å². The largest absolute Gasteiger partial charge is 0.343 e. The zero-order valence-electron chi connectivity index (χ0n) is 11.0. The van der Waals surface area contributed by atoms with E-state index in [1.807, 2.05) is 26.0 Å². The Morgan fingerprint density at radius 2 is 2.06 bits per heavy atom. The molecular formula is C14H18N2O2. The molecule has 2 rings (SSSR count). The van der Waals surface area contributed by atoms with Gasteiger partial charge in [-0.05, 0) is 31.9 Å². The molecule has 1 aliphatic heterocycles. The first kappa shape index (κ1) is 12.6. The van der Waals surface area contributed by atoms with Crippen molar-refractivity contribution in [3.63, 3.8) is 0 Å². The zero-order chi connectivity index (χ0) is 13.3. The molecule has 18 heavy (non-hydrogen) atoms. The maximum Gasteiger partial charge on any atom is 0.245 e. The van der Waals surface area contributed by atoms with Crippen LogP contribution in [0.5, 0.6) is 0 Å². The molecule has 0 bridgehead atoms. The molecule has 1 saturated heterocycles. The Morgan fingerprint density at radius 3 is 2.78 bits per heavy atom. The van der Waals surface area contributed by atoms with E-state index < -0.39 is 6.04 Å².